The highest BCUT2D eigenvalue weighted by atomic mass is 19.2. The van der Waals surface area contributed by atoms with Gasteiger partial charge < -0.3 is 15.5 Å². The lowest BCUT2D eigenvalue weighted by molar-refractivity contribution is 0.503. The fourth-order valence-corrected chi connectivity index (χ4v) is 2.30. The number of aromatic nitrogens is 2. The lowest BCUT2D eigenvalue weighted by atomic mass is 10.0. The maximum atomic E-state index is 13.9. The fourth-order valence-electron chi connectivity index (χ4n) is 2.30. The molecular formula is C16H10F3N3O. The fraction of sp³-hybridized carbons (Fsp3) is 0. The molecule has 0 atom stereocenters. The molecule has 2 heterocycles. The minimum absolute atomic E-state index is 0.133. The number of aliphatic hydroxyl groups is 1. The molecular weight excluding hydrogens is 307 g/mol. The molecule has 0 aliphatic heterocycles. The van der Waals surface area contributed by atoms with Gasteiger partial charge in [0.1, 0.15) is 17.2 Å². The zero-order chi connectivity index (χ0) is 16.6. The molecule has 0 radical (unpaired) electrons. The Labute approximate surface area is 128 Å². The van der Waals surface area contributed by atoms with Crippen LogP contribution in [0.3, 0.4) is 0 Å². The quantitative estimate of drug-likeness (QED) is 0.503. The monoisotopic (exact) mass is 317 g/mol. The predicted octanol–water partition coefficient (Wildman–Crippen LogP) is 4.06. The minimum atomic E-state index is -1.18. The van der Waals surface area contributed by atoms with Crippen molar-refractivity contribution in [2.45, 2.75) is 0 Å². The van der Waals surface area contributed by atoms with Gasteiger partial charge in [0.05, 0.1) is 6.20 Å². The van der Waals surface area contributed by atoms with Gasteiger partial charge in [-0.1, -0.05) is 12.1 Å². The van der Waals surface area contributed by atoms with Crippen LogP contribution in [0.5, 0.6) is 0 Å². The van der Waals surface area contributed by atoms with Crippen molar-refractivity contribution in [3.63, 3.8) is 0 Å². The molecule has 2 aromatic heterocycles. The van der Waals surface area contributed by atoms with Crippen molar-refractivity contribution in [2.75, 3.05) is 0 Å². The van der Waals surface area contributed by atoms with Crippen LogP contribution in [-0.4, -0.2) is 21.3 Å². The van der Waals surface area contributed by atoms with Crippen LogP contribution in [0, 0.1) is 22.9 Å². The van der Waals surface area contributed by atoms with Crippen molar-refractivity contribution in [2.24, 2.45) is 0 Å². The summed E-state index contributed by atoms with van der Waals surface area (Å²) in [5.74, 6) is -3.37. The Balaban J connectivity index is 2.26. The average molecular weight is 317 g/mol. The maximum Gasteiger partial charge on any atom is 0.166 e. The normalized spacial score (nSPS) is 12.3. The van der Waals surface area contributed by atoms with E-state index in [2.05, 4.69) is 9.97 Å². The van der Waals surface area contributed by atoms with E-state index in [-0.39, 0.29) is 22.1 Å². The second-order valence-electron chi connectivity index (χ2n) is 4.76. The summed E-state index contributed by atoms with van der Waals surface area (Å²) in [5, 5.41) is 18.1. The van der Waals surface area contributed by atoms with Gasteiger partial charge in [-0.15, -0.1) is 0 Å². The Bertz CT molecular complexity index is 947. The number of pyridine rings is 1. The molecule has 116 valence electrons. The third-order valence-corrected chi connectivity index (χ3v) is 3.39. The molecule has 3 rings (SSSR count). The van der Waals surface area contributed by atoms with E-state index in [4.69, 9.17) is 5.41 Å². The third-order valence-electron chi connectivity index (χ3n) is 3.39. The van der Waals surface area contributed by atoms with E-state index >= 15 is 0 Å². The second kappa shape index (κ2) is 5.60. The summed E-state index contributed by atoms with van der Waals surface area (Å²) in [6.45, 7) is 0. The number of nitrogens with one attached hydrogen (secondary N) is 2. The molecule has 0 aliphatic carbocycles. The van der Waals surface area contributed by atoms with E-state index in [0.29, 0.717) is 11.9 Å². The standard InChI is InChI=1S/C16H10F3N3O/c17-8-4-10-12(7-22-16(10)21-6-8)15(23)11(5-20)9-2-1-3-13(18)14(9)19/h1-7,20,23H,(H,21,22)/b15-11+,20-5?. The second-order valence-corrected chi connectivity index (χ2v) is 4.76. The number of benzene rings is 1. The lowest BCUT2D eigenvalue weighted by Gasteiger charge is -2.08. The number of aliphatic hydroxyl groups excluding tert-OH is 1. The minimum Gasteiger partial charge on any atom is -0.507 e. The molecule has 3 aromatic rings. The Morgan fingerprint density at radius 3 is 2.74 bits per heavy atom. The molecule has 0 fully saturated rings. The van der Waals surface area contributed by atoms with E-state index in [1.807, 2.05) is 0 Å². The summed E-state index contributed by atoms with van der Waals surface area (Å²) in [5.41, 5.74) is -0.0467. The summed E-state index contributed by atoms with van der Waals surface area (Å²) in [4.78, 5) is 6.56. The number of aromatic amines is 1. The number of hydrogen-bond donors (Lipinski definition) is 3. The number of nitrogens with zero attached hydrogens (tertiary/aromatic N) is 1. The van der Waals surface area contributed by atoms with Gasteiger partial charge in [-0.2, -0.15) is 0 Å². The predicted molar refractivity (Wildman–Crippen MR) is 80.6 cm³/mol. The average Bonchev–Trinajstić information content (AvgIpc) is 2.95. The molecule has 4 nitrogen and oxygen atoms in total. The zero-order valence-electron chi connectivity index (χ0n) is 11.6. The van der Waals surface area contributed by atoms with Crippen molar-refractivity contribution in [3.8, 4) is 0 Å². The van der Waals surface area contributed by atoms with Gasteiger partial charge in [0.25, 0.3) is 0 Å². The highest BCUT2D eigenvalue weighted by molar-refractivity contribution is 6.18. The number of hydrogen-bond acceptors (Lipinski definition) is 3. The molecule has 23 heavy (non-hydrogen) atoms. The Morgan fingerprint density at radius 2 is 2.00 bits per heavy atom. The Kier molecular flexibility index (Phi) is 3.61. The van der Waals surface area contributed by atoms with Gasteiger partial charge >= 0.3 is 0 Å². The van der Waals surface area contributed by atoms with Crippen molar-refractivity contribution < 1.29 is 18.3 Å². The van der Waals surface area contributed by atoms with Gasteiger partial charge in [-0.05, 0) is 12.1 Å². The van der Waals surface area contributed by atoms with Gasteiger partial charge in [-0.3, -0.25) is 0 Å². The highest BCUT2D eigenvalue weighted by Crippen LogP contribution is 2.30. The van der Waals surface area contributed by atoms with E-state index in [0.717, 1.165) is 18.3 Å². The molecule has 0 unspecified atom stereocenters. The molecule has 7 heteroatoms. The molecule has 0 bridgehead atoms. The largest absolute Gasteiger partial charge is 0.507 e. The van der Waals surface area contributed by atoms with E-state index in [1.165, 1.54) is 18.3 Å². The summed E-state index contributed by atoms with van der Waals surface area (Å²) < 4.78 is 40.6. The van der Waals surface area contributed by atoms with Crippen LogP contribution in [0.1, 0.15) is 11.1 Å². The van der Waals surface area contributed by atoms with Crippen molar-refractivity contribution >= 4 is 28.6 Å². The number of allylic oxidation sites excluding steroid dienone is 1. The SMILES string of the molecule is N=C/C(=C(\O)c1c[nH]c2ncc(F)cc12)c1cccc(F)c1F. The first-order chi connectivity index (χ1) is 11.0. The van der Waals surface area contributed by atoms with Crippen molar-refractivity contribution in [3.05, 3.63) is 65.2 Å². The summed E-state index contributed by atoms with van der Waals surface area (Å²) in [6, 6.07) is 4.58. The van der Waals surface area contributed by atoms with Crippen molar-refractivity contribution in [1.82, 2.24) is 9.97 Å². The van der Waals surface area contributed by atoms with Crippen LogP contribution in [-0.2, 0) is 0 Å². The van der Waals surface area contributed by atoms with Crippen LogP contribution in [0.25, 0.3) is 22.4 Å². The first kappa shape index (κ1) is 14.8. The van der Waals surface area contributed by atoms with Crippen LogP contribution in [0.4, 0.5) is 13.2 Å². The highest BCUT2D eigenvalue weighted by Gasteiger charge is 2.18. The molecule has 0 spiro atoms. The summed E-state index contributed by atoms with van der Waals surface area (Å²) in [7, 11) is 0. The molecule has 0 amide bonds. The number of fused-ring (bicyclic) bond motifs is 1. The first-order valence-electron chi connectivity index (χ1n) is 6.54. The van der Waals surface area contributed by atoms with E-state index < -0.39 is 23.2 Å². The van der Waals surface area contributed by atoms with Crippen LogP contribution in [0.15, 0.2) is 36.7 Å². The number of halogens is 3. The molecule has 0 saturated carbocycles. The summed E-state index contributed by atoms with van der Waals surface area (Å²) >= 11 is 0. The topological polar surface area (TPSA) is 72.8 Å². The third kappa shape index (κ3) is 2.46. The van der Waals surface area contributed by atoms with E-state index in [1.54, 1.807) is 0 Å². The number of rotatable bonds is 3. The Hall–Kier alpha value is -3.09. The van der Waals surface area contributed by atoms with Gasteiger partial charge in [0.2, 0.25) is 0 Å². The maximum absolute atomic E-state index is 13.9. The molecule has 1 aromatic carbocycles. The molecule has 3 N–H and O–H groups in total. The smallest absolute Gasteiger partial charge is 0.166 e. The molecule has 0 saturated heterocycles. The van der Waals surface area contributed by atoms with Gasteiger partial charge in [0, 0.05) is 34.5 Å². The molecule has 0 aliphatic rings. The lowest BCUT2D eigenvalue weighted by Crippen LogP contribution is -1.98. The van der Waals surface area contributed by atoms with Crippen LogP contribution < -0.4 is 0 Å². The summed E-state index contributed by atoms with van der Waals surface area (Å²) in [6.07, 6.45) is 3.07. The van der Waals surface area contributed by atoms with E-state index in [9.17, 15) is 18.3 Å². The first-order valence-corrected chi connectivity index (χ1v) is 6.54. The number of H-pyrrole nitrogens is 1. The Morgan fingerprint density at radius 1 is 1.22 bits per heavy atom. The van der Waals surface area contributed by atoms with Gasteiger partial charge in [-0.25, -0.2) is 18.2 Å². The van der Waals surface area contributed by atoms with Crippen LogP contribution in [0.2, 0.25) is 0 Å². The zero-order valence-corrected chi connectivity index (χ0v) is 11.6. The van der Waals surface area contributed by atoms with Crippen molar-refractivity contribution in [1.29, 1.82) is 5.41 Å². The van der Waals surface area contributed by atoms with Crippen LogP contribution >= 0.6 is 0 Å². The van der Waals surface area contributed by atoms with Gasteiger partial charge in [0.15, 0.2) is 11.6 Å².